The molecule has 0 radical (unpaired) electrons. The lowest BCUT2D eigenvalue weighted by molar-refractivity contribution is 0.0330. The summed E-state index contributed by atoms with van der Waals surface area (Å²) in [5.41, 5.74) is 0.792. The van der Waals surface area contributed by atoms with Gasteiger partial charge in [0.15, 0.2) is 11.8 Å². The van der Waals surface area contributed by atoms with Crippen LogP contribution in [0.3, 0.4) is 0 Å². The van der Waals surface area contributed by atoms with E-state index in [1.165, 1.54) is 16.0 Å². The van der Waals surface area contributed by atoms with Gasteiger partial charge in [-0.1, -0.05) is 30.3 Å². The molecule has 0 fully saturated rings. The highest BCUT2D eigenvalue weighted by atomic mass is 32.1. The fourth-order valence-electron chi connectivity index (χ4n) is 3.04. The van der Waals surface area contributed by atoms with Gasteiger partial charge in [-0.3, -0.25) is 4.79 Å². The third kappa shape index (κ3) is 3.18. The van der Waals surface area contributed by atoms with Crippen molar-refractivity contribution in [1.29, 1.82) is 0 Å². The number of esters is 1. The number of hydrogen-bond donors (Lipinski definition) is 0. The quantitative estimate of drug-likeness (QED) is 0.477. The first kappa shape index (κ1) is 18.3. The topological polar surface area (TPSA) is 74.1 Å². The average Bonchev–Trinajstić information content (AvgIpc) is 3.12. The van der Waals surface area contributed by atoms with E-state index in [2.05, 4.69) is 10.1 Å². The molecule has 2 aromatic heterocycles. The van der Waals surface area contributed by atoms with Crippen LogP contribution >= 0.6 is 11.3 Å². The minimum Gasteiger partial charge on any atom is -0.450 e. The fourth-order valence-corrected chi connectivity index (χ4v) is 3.99. The van der Waals surface area contributed by atoms with Crippen molar-refractivity contribution < 1.29 is 9.53 Å². The molecule has 0 aliphatic carbocycles. The van der Waals surface area contributed by atoms with Gasteiger partial charge in [-0.2, -0.15) is 5.10 Å². The Morgan fingerprint density at radius 3 is 2.43 bits per heavy atom. The van der Waals surface area contributed by atoms with E-state index in [9.17, 15) is 9.59 Å². The molecular weight excluding hydrogens is 374 g/mol. The van der Waals surface area contributed by atoms with Crippen molar-refractivity contribution in [1.82, 2.24) is 14.8 Å². The van der Waals surface area contributed by atoms with Gasteiger partial charge in [0.05, 0.1) is 21.6 Å². The lowest BCUT2D eigenvalue weighted by Gasteiger charge is -2.15. The largest absolute Gasteiger partial charge is 0.450 e. The van der Waals surface area contributed by atoms with Crippen LogP contribution in [0.15, 0.2) is 53.3 Å². The Morgan fingerprint density at radius 2 is 1.71 bits per heavy atom. The van der Waals surface area contributed by atoms with Crippen molar-refractivity contribution in [2.75, 3.05) is 0 Å². The first-order valence-electron chi connectivity index (χ1n) is 9.03. The molecule has 2 heterocycles. The summed E-state index contributed by atoms with van der Waals surface area (Å²) in [4.78, 5) is 30.1. The minimum absolute atomic E-state index is 0.136. The highest BCUT2D eigenvalue weighted by Gasteiger charge is 2.22. The molecule has 0 saturated heterocycles. The Labute approximate surface area is 165 Å². The van der Waals surface area contributed by atoms with E-state index >= 15 is 0 Å². The van der Waals surface area contributed by atoms with Gasteiger partial charge in [-0.05, 0) is 39.0 Å². The standard InChI is InChI=1S/C21H19N3O3S/c1-12(2)24-20(25)15-9-5-4-8-14(15)18(23-24)21(26)27-13(3)19-22-16-10-6-7-11-17(16)28-19/h4-13H,1-3H3. The number of rotatable bonds is 4. The van der Waals surface area contributed by atoms with Gasteiger partial charge in [-0.25, -0.2) is 14.5 Å². The van der Waals surface area contributed by atoms with Crippen LogP contribution < -0.4 is 5.56 Å². The molecule has 0 N–H and O–H groups in total. The zero-order valence-corrected chi connectivity index (χ0v) is 16.6. The second kappa shape index (κ2) is 7.16. The Balaban J connectivity index is 1.72. The molecule has 0 amide bonds. The number of carbonyl (C=O) groups is 1. The van der Waals surface area contributed by atoms with Crippen LogP contribution in [0.5, 0.6) is 0 Å². The molecule has 142 valence electrons. The molecule has 0 aliphatic rings. The highest BCUT2D eigenvalue weighted by Crippen LogP contribution is 2.29. The van der Waals surface area contributed by atoms with Crippen LogP contribution in [0.25, 0.3) is 21.0 Å². The lowest BCUT2D eigenvalue weighted by Crippen LogP contribution is -2.28. The summed E-state index contributed by atoms with van der Waals surface area (Å²) in [5, 5.41) is 5.96. The van der Waals surface area contributed by atoms with Crippen molar-refractivity contribution >= 4 is 38.3 Å². The van der Waals surface area contributed by atoms with Crippen LogP contribution in [0.4, 0.5) is 0 Å². The molecule has 0 bridgehead atoms. The van der Waals surface area contributed by atoms with Gasteiger partial charge >= 0.3 is 5.97 Å². The zero-order chi connectivity index (χ0) is 19.8. The van der Waals surface area contributed by atoms with Gasteiger partial charge in [0.2, 0.25) is 0 Å². The third-order valence-corrected chi connectivity index (χ3v) is 5.65. The molecule has 2 aromatic carbocycles. The monoisotopic (exact) mass is 393 g/mol. The van der Waals surface area contributed by atoms with Crippen LogP contribution in [0, 0.1) is 0 Å². The summed E-state index contributed by atoms with van der Waals surface area (Å²) in [7, 11) is 0. The molecule has 28 heavy (non-hydrogen) atoms. The molecule has 4 rings (SSSR count). The second-order valence-electron chi connectivity index (χ2n) is 6.81. The number of para-hydroxylation sites is 1. The molecule has 1 unspecified atom stereocenters. The maximum Gasteiger partial charge on any atom is 0.360 e. The summed E-state index contributed by atoms with van der Waals surface area (Å²) < 4.78 is 8.03. The van der Waals surface area contributed by atoms with Crippen molar-refractivity contribution in [3.63, 3.8) is 0 Å². The summed E-state index contributed by atoms with van der Waals surface area (Å²) in [6.07, 6.45) is -0.523. The van der Waals surface area contributed by atoms with Crippen molar-refractivity contribution in [3.05, 3.63) is 69.6 Å². The van der Waals surface area contributed by atoms with Crippen molar-refractivity contribution in [2.45, 2.75) is 32.9 Å². The molecule has 0 aliphatic heterocycles. The SMILES string of the molecule is CC(OC(=O)c1nn(C(C)C)c(=O)c2ccccc12)c1nc2ccccc2s1. The average molecular weight is 393 g/mol. The predicted molar refractivity (Wildman–Crippen MR) is 110 cm³/mol. The first-order valence-corrected chi connectivity index (χ1v) is 9.85. The Morgan fingerprint density at radius 1 is 1.04 bits per heavy atom. The molecule has 7 heteroatoms. The van der Waals surface area contributed by atoms with E-state index < -0.39 is 12.1 Å². The fraction of sp³-hybridized carbons (Fsp3) is 0.238. The predicted octanol–water partition coefficient (Wildman–Crippen LogP) is 4.51. The molecule has 1 atom stereocenters. The number of hydrogen-bond acceptors (Lipinski definition) is 6. The molecule has 4 aromatic rings. The van der Waals surface area contributed by atoms with Crippen molar-refractivity contribution in [3.8, 4) is 0 Å². The third-order valence-electron chi connectivity index (χ3n) is 4.45. The van der Waals surface area contributed by atoms with E-state index in [1.54, 1.807) is 31.2 Å². The number of aromatic nitrogens is 3. The highest BCUT2D eigenvalue weighted by molar-refractivity contribution is 7.18. The summed E-state index contributed by atoms with van der Waals surface area (Å²) >= 11 is 1.49. The number of carbonyl (C=O) groups excluding carboxylic acids is 1. The van der Waals surface area contributed by atoms with Crippen LogP contribution in [0.1, 0.15) is 48.4 Å². The maximum absolute atomic E-state index is 12.9. The molecule has 0 saturated carbocycles. The number of ether oxygens (including phenoxy) is 1. The normalized spacial score (nSPS) is 12.6. The summed E-state index contributed by atoms with van der Waals surface area (Å²) in [5.74, 6) is -0.572. The number of thiazole rings is 1. The lowest BCUT2D eigenvalue weighted by atomic mass is 10.1. The van der Waals surface area contributed by atoms with Crippen LogP contribution in [0.2, 0.25) is 0 Å². The van der Waals surface area contributed by atoms with Gasteiger partial charge in [0, 0.05) is 5.39 Å². The van der Waals surface area contributed by atoms with Gasteiger partial charge < -0.3 is 4.74 Å². The Kier molecular flexibility index (Phi) is 4.68. The first-order chi connectivity index (χ1) is 13.5. The van der Waals surface area contributed by atoms with E-state index in [0.29, 0.717) is 10.8 Å². The number of benzene rings is 2. The van der Waals surface area contributed by atoms with E-state index in [1.807, 2.05) is 38.1 Å². The van der Waals surface area contributed by atoms with Gasteiger partial charge in [-0.15, -0.1) is 11.3 Å². The van der Waals surface area contributed by atoms with Crippen LogP contribution in [-0.4, -0.2) is 20.7 Å². The van der Waals surface area contributed by atoms with Gasteiger partial charge in [0.1, 0.15) is 5.01 Å². The number of nitrogens with zero attached hydrogens (tertiary/aromatic N) is 3. The number of fused-ring (bicyclic) bond motifs is 2. The van der Waals surface area contributed by atoms with Gasteiger partial charge in [0.25, 0.3) is 5.56 Å². The van der Waals surface area contributed by atoms with E-state index in [0.717, 1.165) is 15.2 Å². The molecule has 0 spiro atoms. The van der Waals surface area contributed by atoms with E-state index in [-0.39, 0.29) is 17.3 Å². The second-order valence-corrected chi connectivity index (χ2v) is 7.87. The Hall–Kier alpha value is -3.06. The smallest absolute Gasteiger partial charge is 0.360 e. The summed E-state index contributed by atoms with van der Waals surface area (Å²) in [6, 6.07) is 14.6. The maximum atomic E-state index is 12.9. The van der Waals surface area contributed by atoms with Crippen molar-refractivity contribution in [2.24, 2.45) is 0 Å². The molecule has 6 nitrogen and oxygen atoms in total. The molecular formula is C21H19N3O3S. The van der Waals surface area contributed by atoms with E-state index in [4.69, 9.17) is 4.74 Å². The zero-order valence-electron chi connectivity index (χ0n) is 15.7. The summed E-state index contributed by atoms with van der Waals surface area (Å²) in [6.45, 7) is 5.49. The Bertz CT molecular complexity index is 1210. The van der Waals surface area contributed by atoms with Crippen LogP contribution in [-0.2, 0) is 4.74 Å². The minimum atomic E-state index is -0.572.